The molecule has 2 aromatic carbocycles. The third-order valence-corrected chi connectivity index (χ3v) is 3.61. The Hall–Kier alpha value is -2.01. The SMILES string of the molecule is COc1ccc(CCNC(=O)c2cc(Br)ccc2N)cc1. The number of ether oxygens (including phenoxy) is 1. The Morgan fingerprint density at radius 3 is 2.62 bits per heavy atom. The van der Waals surface area contributed by atoms with Crippen molar-refractivity contribution in [2.75, 3.05) is 19.4 Å². The number of nitrogen functional groups attached to an aromatic ring is 1. The normalized spacial score (nSPS) is 10.2. The van der Waals surface area contributed by atoms with E-state index in [1.54, 1.807) is 19.2 Å². The lowest BCUT2D eigenvalue weighted by atomic mass is 10.1. The number of benzene rings is 2. The van der Waals surface area contributed by atoms with Gasteiger partial charge in [-0.25, -0.2) is 0 Å². The van der Waals surface area contributed by atoms with Crippen LogP contribution in [0.1, 0.15) is 15.9 Å². The summed E-state index contributed by atoms with van der Waals surface area (Å²) in [5, 5.41) is 2.87. The second-order valence-corrected chi connectivity index (χ2v) is 5.50. The lowest BCUT2D eigenvalue weighted by Gasteiger charge is -2.08. The van der Waals surface area contributed by atoms with Crippen LogP contribution in [0.4, 0.5) is 5.69 Å². The Bertz CT molecular complexity index is 627. The van der Waals surface area contributed by atoms with Gasteiger partial charge in [-0.2, -0.15) is 0 Å². The van der Waals surface area contributed by atoms with Gasteiger partial charge in [0.2, 0.25) is 0 Å². The zero-order chi connectivity index (χ0) is 15.2. The molecule has 0 aromatic heterocycles. The summed E-state index contributed by atoms with van der Waals surface area (Å²) >= 11 is 3.34. The van der Waals surface area contributed by atoms with E-state index in [9.17, 15) is 4.79 Å². The van der Waals surface area contributed by atoms with Gasteiger partial charge in [0.1, 0.15) is 5.75 Å². The molecule has 5 heteroatoms. The highest BCUT2D eigenvalue weighted by molar-refractivity contribution is 9.10. The van der Waals surface area contributed by atoms with Crippen LogP contribution in [0.2, 0.25) is 0 Å². The molecule has 0 radical (unpaired) electrons. The topological polar surface area (TPSA) is 64.3 Å². The standard InChI is InChI=1S/C16H17BrN2O2/c1-21-13-5-2-11(3-6-13)8-9-19-16(20)14-10-12(17)4-7-15(14)18/h2-7,10H,8-9,18H2,1H3,(H,19,20). The molecule has 0 bridgehead atoms. The molecule has 0 unspecified atom stereocenters. The number of carbonyl (C=O) groups is 1. The van der Waals surface area contributed by atoms with Crippen molar-refractivity contribution in [3.8, 4) is 5.75 Å². The second kappa shape index (κ2) is 7.13. The summed E-state index contributed by atoms with van der Waals surface area (Å²) in [4.78, 5) is 12.1. The van der Waals surface area contributed by atoms with Crippen LogP contribution < -0.4 is 15.8 Å². The Morgan fingerprint density at radius 1 is 1.24 bits per heavy atom. The first-order valence-electron chi connectivity index (χ1n) is 6.56. The lowest BCUT2D eigenvalue weighted by Crippen LogP contribution is -2.26. The van der Waals surface area contributed by atoms with Crippen molar-refractivity contribution < 1.29 is 9.53 Å². The molecule has 110 valence electrons. The maximum Gasteiger partial charge on any atom is 0.253 e. The lowest BCUT2D eigenvalue weighted by molar-refractivity contribution is 0.0955. The van der Waals surface area contributed by atoms with Gasteiger partial charge >= 0.3 is 0 Å². The van der Waals surface area contributed by atoms with Crippen LogP contribution in [0, 0.1) is 0 Å². The number of methoxy groups -OCH3 is 1. The molecule has 0 saturated heterocycles. The smallest absolute Gasteiger partial charge is 0.253 e. The Kier molecular flexibility index (Phi) is 5.22. The van der Waals surface area contributed by atoms with Crippen molar-refractivity contribution in [1.29, 1.82) is 0 Å². The minimum Gasteiger partial charge on any atom is -0.497 e. The van der Waals surface area contributed by atoms with E-state index < -0.39 is 0 Å². The Labute approximate surface area is 132 Å². The van der Waals surface area contributed by atoms with Crippen LogP contribution in [0.5, 0.6) is 5.75 Å². The first kappa shape index (κ1) is 15.4. The van der Waals surface area contributed by atoms with Gasteiger partial charge in [0.25, 0.3) is 5.91 Å². The molecule has 0 aliphatic carbocycles. The minimum atomic E-state index is -0.165. The molecular formula is C16H17BrN2O2. The molecule has 2 rings (SSSR count). The summed E-state index contributed by atoms with van der Waals surface area (Å²) in [6.45, 7) is 0.553. The van der Waals surface area contributed by atoms with Crippen molar-refractivity contribution in [1.82, 2.24) is 5.32 Å². The monoisotopic (exact) mass is 348 g/mol. The molecular weight excluding hydrogens is 332 g/mol. The predicted octanol–water partition coefficient (Wildman–Crippen LogP) is 3.01. The number of rotatable bonds is 5. The number of nitrogens with one attached hydrogen (secondary N) is 1. The van der Waals surface area contributed by atoms with E-state index in [1.165, 1.54) is 0 Å². The van der Waals surface area contributed by atoms with Crippen molar-refractivity contribution in [2.24, 2.45) is 0 Å². The average Bonchev–Trinajstić information content (AvgIpc) is 2.50. The van der Waals surface area contributed by atoms with Gasteiger partial charge in [-0.3, -0.25) is 4.79 Å². The number of carbonyl (C=O) groups excluding carboxylic acids is 1. The maximum absolute atomic E-state index is 12.1. The molecule has 0 saturated carbocycles. The van der Waals surface area contributed by atoms with E-state index in [2.05, 4.69) is 21.2 Å². The Balaban J connectivity index is 1.90. The molecule has 0 heterocycles. The number of hydrogen-bond acceptors (Lipinski definition) is 3. The van der Waals surface area contributed by atoms with Gasteiger partial charge in [0.15, 0.2) is 0 Å². The molecule has 4 nitrogen and oxygen atoms in total. The van der Waals surface area contributed by atoms with Crippen LogP contribution in [0.3, 0.4) is 0 Å². The fraction of sp³-hybridized carbons (Fsp3) is 0.188. The van der Waals surface area contributed by atoms with Crippen LogP contribution in [0.15, 0.2) is 46.9 Å². The van der Waals surface area contributed by atoms with E-state index in [-0.39, 0.29) is 5.91 Å². The summed E-state index contributed by atoms with van der Waals surface area (Å²) in [7, 11) is 1.64. The van der Waals surface area contributed by atoms with Crippen LogP contribution in [-0.4, -0.2) is 19.6 Å². The van der Waals surface area contributed by atoms with Crippen molar-refractivity contribution in [3.05, 3.63) is 58.1 Å². The van der Waals surface area contributed by atoms with Gasteiger partial charge in [-0.1, -0.05) is 28.1 Å². The number of hydrogen-bond donors (Lipinski definition) is 2. The van der Waals surface area contributed by atoms with E-state index in [4.69, 9.17) is 10.5 Å². The van der Waals surface area contributed by atoms with Crippen molar-refractivity contribution >= 4 is 27.5 Å². The molecule has 1 amide bonds. The number of amides is 1. The molecule has 21 heavy (non-hydrogen) atoms. The molecule has 0 fully saturated rings. The highest BCUT2D eigenvalue weighted by Crippen LogP contribution is 2.18. The largest absolute Gasteiger partial charge is 0.497 e. The molecule has 0 aliphatic rings. The number of anilines is 1. The van der Waals surface area contributed by atoms with Gasteiger partial charge in [-0.05, 0) is 42.3 Å². The highest BCUT2D eigenvalue weighted by atomic mass is 79.9. The summed E-state index contributed by atoms with van der Waals surface area (Å²) in [6.07, 6.45) is 0.754. The minimum absolute atomic E-state index is 0.165. The fourth-order valence-electron chi connectivity index (χ4n) is 1.93. The third-order valence-electron chi connectivity index (χ3n) is 3.12. The van der Waals surface area contributed by atoms with E-state index in [1.807, 2.05) is 30.3 Å². The summed E-state index contributed by atoms with van der Waals surface area (Å²) in [5.41, 5.74) is 7.90. The summed E-state index contributed by atoms with van der Waals surface area (Å²) in [5.74, 6) is 0.659. The average molecular weight is 349 g/mol. The number of halogens is 1. The molecule has 0 aliphatic heterocycles. The third kappa shape index (κ3) is 4.23. The van der Waals surface area contributed by atoms with Gasteiger partial charge in [0, 0.05) is 16.7 Å². The van der Waals surface area contributed by atoms with Crippen LogP contribution in [-0.2, 0) is 6.42 Å². The van der Waals surface area contributed by atoms with Gasteiger partial charge in [0.05, 0.1) is 12.7 Å². The quantitative estimate of drug-likeness (QED) is 0.816. The zero-order valence-electron chi connectivity index (χ0n) is 11.7. The van der Waals surface area contributed by atoms with E-state index in [0.717, 1.165) is 22.2 Å². The molecule has 2 aromatic rings. The molecule has 0 atom stereocenters. The fourth-order valence-corrected chi connectivity index (χ4v) is 2.29. The maximum atomic E-state index is 12.1. The summed E-state index contributed by atoms with van der Waals surface area (Å²) in [6, 6.07) is 13.0. The summed E-state index contributed by atoms with van der Waals surface area (Å²) < 4.78 is 5.94. The van der Waals surface area contributed by atoms with Crippen molar-refractivity contribution in [2.45, 2.75) is 6.42 Å². The highest BCUT2D eigenvalue weighted by Gasteiger charge is 2.09. The predicted molar refractivity (Wildman–Crippen MR) is 87.6 cm³/mol. The number of nitrogens with two attached hydrogens (primary N) is 1. The van der Waals surface area contributed by atoms with Gasteiger partial charge < -0.3 is 15.8 Å². The first-order valence-corrected chi connectivity index (χ1v) is 7.35. The van der Waals surface area contributed by atoms with Crippen molar-refractivity contribution in [3.63, 3.8) is 0 Å². The van der Waals surface area contributed by atoms with E-state index >= 15 is 0 Å². The van der Waals surface area contributed by atoms with E-state index in [0.29, 0.717) is 17.8 Å². The van der Waals surface area contributed by atoms with Crippen LogP contribution in [0.25, 0.3) is 0 Å². The van der Waals surface area contributed by atoms with Gasteiger partial charge in [-0.15, -0.1) is 0 Å². The molecule has 3 N–H and O–H groups in total. The zero-order valence-corrected chi connectivity index (χ0v) is 13.3. The Morgan fingerprint density at radius 2 is 1.95 bits per heavy atom. The molecule has 0 spiro atoms. The first-order chi connectivity index (χ1) is 10.1. The second-order valence-electron chi connectivity index (χ2n) is 4.59. The van der Waals surface area contributed by atoms with Crippen LogP contribution >= 0.6 is 15.9 Å².